The number of hydrogen-bond donors (Lipinski definition) is 5. The first-order chi connectivity index (χ1) is 20.5. The Kier molecular flexibility index (Phi) is 16.0. The number of ether oxygens (including phenoxy) is 3. The van der Waals surface area contributed by atoms with E-state index in [9.17, 15) is 29.1 Å². The average Bonchev–Trinajstić information content (AvgIpc) is 2.93. The number of rotatable bonds is 16. The second-order valence-electron chi connectivity index (χ2n) is 11.4. The number of amides is 5. The summed E-state index contributed by atoms with van der Waals surface area (Å²) in [5, 5.41) is 25.9. The van der Waals surface area contributed by atoms with Gasteiger partial charge in [0.2, 0.25) is 11.8 Å². The second-order valence-corrected chi connectivity index (χ2v) is 11.4. The van der Waals surface area contributed by atoms with Gasteiger partial charge in [-0.2, -0.15) is 0 Å². The first-order valence-electron chi connectivity index (χ1n) is 14.3. The fraction of sp³-hybridized carbons (Fsp3) is 0.621. The number of anilines is 1. The maximum atomic E-state index is 12.8. The van der Waals surface area contributed by atoms with Gasteiger partial charge in [0.15, 0.2) is 0 Å². The summed E-state index contributed by atoms with van der Waals surface area (Å²) >= 11 is 0. The molecule has 0 heterocycles. The van der Waals surface area contributed by atoms with Crippen molar-refractivity contribution in [3.8, 4) is 0 Å². The Bertz CT molecular complexity index is 1090. The van der Waals surface area contributed by atoms with Crippen molar-refractivity contribution in [2.75, 3.05) is 51.8 Å². The third-order valence-corrected chi connectivity index (χ3v) is 5.99. The first-order valence-corrected chi connectivity index (χ1v) is 14.3. The van der Waals surface area contributed by atoms with Crippen molar-refractivity contribution in [1.82, 2.24) is 20.4 Å². The van der Waals surface area contributed by atoms with Gasteiger partial charge in [-0.05, 0) is 51.3 Å². The van der Waals surface area contributed by atoms with E-state index in [0.29, 0.717) is 11.3 Å². The molecule has 0 aliphatic rings. The summed E-state index contributed by atoms with van der Waals surface area (Å²) in [6, 6.07) is 4.72. The van der Waals surface area contributed by atoms with Crippen molar-refractivity contribution in [2.45, 2.75) is 65.8 Å². The van der Waals surface area contributed by atoms with E-state index in [1.165, 1.54) is 18.9 Å². The molecule has 0 spiro atoms. The Morgan fingerprint density at radius 1 is 0.909 bits per heavy atom. The minimum absolute atomic E-state index is 0.0507. The van der Waals surface area contributed by atoms with Crippen molar-refractivity contribution in [3.05, 3.63) is 29.8 Å². The van der Waals surface area contributed by atoms with E-state index >= 15 is 0 Å². The third kappa shape index (κ3) is 14.9. The summed E-state index contributed by atoms with van der Waals surface area (Å²) in [5.41, 5.74) is 0.367. The molecule has 0 saturated carbocycles. The van der Waals surface area contributed by atoms with Crippen LogP contribution in [-0.4, -0.2) is 114 Å². The SMILES string of the molecule is CC(NC(=O)C(NC(=O)OC(C)(C)C)C(C)C)C(=O)Nc1ccc(COC(=O)N(C)CCN(CCOCCO)C(=O)O)cc1. The molecule has 15 heteroatoms. The van der Waals surface area contributed by atoms with Crippen LogP contribution in [0, 0.1) is 5.92 Å². The van der Waals surface area contributed by atoms with Gasteiger partial charge < -0.3 is 50.2 Å². The molecule has 0 saturated heterocycles. The molecule has 0 aliphatic heterocycles. The van der Waals surface area contributed by atoms with Crippen LogP contribution in [-0.2, 0) is 30.4 Å². The summed E-state index contributed by atoms with van der Waals surface area (Å²) in [6.07, 6.45) is -2.53. The van der Waals surface area contributed by atoms with Crippen molar-refractivity contribution in [3.63, 3.8) is 0 Å². The van der Waals surface area contributed by atoms with Gasteiger partial charge in [0.1, 0.15) is 24.3 Å². The number of hydrogen-bond acceptors (Lipinski definition) is 9. The molecule has 1 rings (SSSR count). The Morgan fingerprint density at radius 3 is 2.09 bits per heavy atom. The molecule has 44 heavy (non-hydrogen) atoms. The number of benzene rings is 1. The summed E-state index contributed by atoms with van der Waals surface area (Å²) in [4.78, 5) is 63.7. The molecule has 2 atom stereocenters. The number of likely N-dealkylation sites (N-methyl/N-ethyl adjacent to an activating group) is 1. The molecule has 2 unspecified atom stereocenters. The van der Waals surface area contributed by atoms with Crippen LogP contribution in [0.4, 0.5) is 20.1 Å². The minimum atomic E-state index is -1.15. The molecule has 1 aromatic rings. The molecule has 0 aliphatic carbocycles. The molecule has 1 aromatic carbocycles. The fourth-order valence-electron chi connectivity index (χ4n) is 3.53. The molecule has 0 bridgehead atoms. The van der Waals surface area contributed by atoms with Crippen LogP contribution in [0.25, 0.3) is 0 Å². The Hall–Kier alpha value is -4.11. The molecule has 5 N–H and O–H groups in total. The predicted octanol–water partition coefficient (Wildman–Crippen LogP) is 2.24. The van der Waals surface area contributed by atoms with E-state index in [-0.39, 0.29) is 52.0 Å². The molecule has 0 aromatic heterocycles. The van der Waals surface area contributed by atoms with E-state index in [4.69, 9.17) is 19.3 Å². The lowest BCUT2D eigenvalue weighted by Crippen LogP contribution is -2.54. The van der Waals surface area contributed by atoms with Gasteiger partial charge in [0, 0.05) is 32.4 Å². The van der Waals surface area contributed by atoms with Gasteiger partial charge in [-0.3, -0.25) is 9.59 Å². The normalized spacial score (nSPS) is 12.5. The number of carboxylic acid groups (broad SMARTS) is 1. The lowest BCUT2D eigenvalue weighted by molar-refractivity contribution is -0.128. The molecule has 0 radical (unpaired) electrons. The van der Waals surface area contributed by atoms with Gasteiger partial charge in [-0.1, -0.05) is 26.0 Å². The maximum Gasteiger partial charge on any atom is 0.409 e. The molecule has 15 nitrogen and oxygen atoms in total. The van der Waals surface area contributed by atoms with E-state index in [1.54, 1.807) is 58.9 Å². The Balaban J connectivity index is 2.56. The third-order valence-electron chi connectivity index (χ3n) is 5.99. The van der Waals surface area contributed by atoms with E-state index in [0.717, 1.165) is 4.90 Å². The number of nitrogens with zero attached hydrogens (tertiary/aromatic N) is 2. The molecule has 0 fully saturated rings. The van der Waals surface area contributed by atoms with Crippen molar-refractivity contribution < 1.29 is 48.4 Å². The number of aliphatic hydroxyl groups is 1. The highest BCUT2D eigenvalue weighted by Crippen LogP contribution is 2.12. The van der Waals surface area contributed by atoms with Crippen LogP contribution in [0.2, 0.25) is 0 Å². The van der Waals surface area contributed by atoms with Crippen molar-refractivity contribution >= 4 is 35.8 Å². The largest absolute Gasteiger partial charge is 0.465 e. The zero-order valence-electron chi connectivity index (χ0n) is 26.5. The topological polar surface area (TPSA) is 196 Å². The standard InChI is InChI=1S/C29H47N5O10/c1-19(2)23(32-26(38)44-29(4,5)6)25(37)30-20(3)24(36)31-22-10-8-21(9-11-22)18-43-28(41)33(7)12-13-34(27(39)40)14-16-42-17-15-35/h8-11,19-20,23,35H,12-18H2,1-7H3,(H,30,37)(H,31,36)(H,32,38)(H,39,40). The summed E-state index contributed by atoms with van der Waals surface area (Å²) in [7, 11) is 1.49. The summed E-state index contributed by atoms with van der Waals surface area (Å²) in [5.74, 6) is -1.27. The number of carbonyl (C=O) groups excluding carboxylic acids is 4. The van der Waals surface area contributed by atoms with Crippen molar-refractivity contribution in [2.24, 2.45) is 5.92 Å². The molecular formula is C29H47N5O10. The van der Waals surface area contributed by atoms with Crippen LogP contribution < -0.4 is 16.0 Å². The van der Waals surface area contributed by atoms with Gasteiger partial charge in [0.05, 0.1) is 19.8 Å². The smallest absolute Gasteiger partial charge is 0.409 e. The molecule has 248 valence electrons. The van der Waals surface area contributed by atoms with E-state index in [1.807, 2.05) is 0 Å². The lowest BCUT2D eigenvalue weighted by atomic mass is 10.0. The highest BCUT2D eigenvalue weighted by atomic mass is 16.6. The first kappa shape index (κ1) is 37.9. The van der Waals surface area contributed by atoms with E-state index < -0.39 is 47.8 Å². The van der Waals surface area contributed by atoms with Gasteiger partial charge >= 0.3 is 18.3 Å². The average molecular weight is 626 g/mol. The monoisotopic (exact) mass is 625 g/mol. The summed E-state index contributed by atoms with van der Waals surface area (Å²) < 4.78 is 15.6. The van der Waals surface area contributed by atoms with Gasteiger partial charge in [-0.15, -0.1) is 0 Å². The van der Waals surface area contributed by atoms with Gasteiger partial charge in [0.25, 0.3) is 0 Å². The zero-order valence-corrected chi connectivity index (χ0v) is 26.5. The number of nitrogens with one attached hydrogen (secondary N) is 3. The predicted molar refractivity (Wildman–Crippen MR) is 161 cm³/mol. The second kappa shape index (κ2) is 18.5. The summed E-state index contributed by atoms with van der Waals surface area (Å²) in [6.45, 7) is 10.4. The van der Waals surface area contributed by atoms with Crippen LogP contribution in [0.5, 0.6) is 0 Å². The number of alkyl carbamates (subject to hydrolysis) is 1. The van der Waals surface area contributed by atoms with E-state index in [2.05, 4.69) is 16.0 Å². The Morgan fingerprint density at radius 2 is 1.55 bits per heavy atom. The van der Waals surface area contributed by atoms with Crippen molar-refractivity contribution in [1.29, 1.82) is 0 Å². The molecule has 5 amide bonds. The Labute approximate surface area is 258 Å². The number of carbonyl (C=O) groups is 5. The van der Waals surface area contributed by atoms with Gasteiger partial charge in [-0.25, -0.2) is 14.4 Å². The highest BCUT2D eigenvalue weighted by molar-refractivity contribution is 5.98. The number of aliphatic hydroxyl groups excluding tert-OH is 1. The van der Waals surface area contributed by atoms with Crippen LogP contribution in [0.15, 0.2) is 24.3 Å². The zero-order chi connectivity index (χ0) is 33.4. The lowest BCUT2D eigenvalue weighted by Gasteiger charge is -2.26. The maximum absolute atomic E-state index is 12.8. The van der Waals surface area contributed by atoms with Crippen LogP contribution >= 0.6 is 0 Å². The fourth-order valence-corrected chi connectivity index (χ4v) is 3.53. The quantitative estimate of drug-likeness (QED) is 0.170. The van der Waals surface area contributed by atoms with Crippen LogP contribution in [0.3, 0.4) is 0 Å². The highest BCUT2D eigenvalue weighted by Gasteiger charge is 2.29. The van der Waals surface area contributed by atoms with Crippen LogP contribution in [0.1, 0.15) is 47.1 Å². The molecular weight excluding hydrogens is 578 g/mol. The minimum Gasteiger partial charge on any atom is -0.465 e.